The maximum absolute atomic E-state index is 5.63. The number of methoxy groups -OCH3 is 5. The third kappa shape index (κ3) is 7.73. The molecule has 5 aromatic rings. The molecule has 3 aromatic carbocycles. The molecule has 0 atom stereocenters. The first-order valence-electron chi connectivity index (χ1n) is 16.5. The van der Waals surface area contributed by atoms with E-state index in [-0.39, 0.29) is 0 Å². The number of piperidine rings is 1. The molecule has 0 bridgehead atoms. The van der Waals surface area contributed by atoms with Gasteiger partial charge in [-0.05, 0) is 96.8 Å². The Hall–Kier alpha value is -5.28. The Labute approximate surface area is 289 Å². The van der Waals surface area contributed by atoms with Crippen LogP contribution in [0.3, 0.4) is 0 Å². The van der Waals surface area contributed by atoms with E-state index in [4.69, 9.17) is 23.7 Å². The minimum Gasteiger partial charge on any atom is -0.497 e. The zero-order valence-corrected chi connectivity index (χ0v) is 28.9. The van der Waals surface area contributed by atoms with Gasteiger partial charge in [0.2, 0.25) is 5.75 Å². The van der Waals surface area contributed by atoms with Crippen LogP contribution in [0.4, 0.5) is 5.69 Å². The van der Waals surface area contributed by atoms with Crippen molar-refractivity contribution in [2.45, 2.75) is 32.0 Å². The predicted molar refractivity (Wildman–Crippen MR) is 193 cm³/mol. The molecule has 9 nitrogen and oxygen atoms in total. The number of hydrogen-bond acceptors (Lipinski definition) is 9. The van der Waals surface area contributed by atoms with Gasteiger partial charge in [-0.25, -0.2) is 0 Å². The van der Waals surface area contributed by atoms with Crippen molar-refractivity contribution in [2.24, 2.45) is 0 Å². The molecule has 254 valence electrons. The second-order valence-corrected chi connectivity index (χ2v) is 12.0. The molecule has 0 amide bonds. The van der Waals surface area contributed by atoms with Gasteiger partial charge in [-0.2, -0.15) is 0 Å². The first kappa shape index (κ1) is 33.6. The van der Waals surface area contributed by atoms with Crippen molar-refractivity contribution in [3.05, 3.63) is 108 Å². The Morgan fingerprint density at radius 3 is 1.94 bits per heavy atom. The number of ether oxygens (including phenoxy) is 5. The van der Waals surface area contributed by atoms with E-state index in [2.05, 4.69) is 62.2 Å². The lowest BCUT2D eigenvalue weighted by atomic mass is 10.00. The van der Waals surface area contributed by atoms with Gasteiger partial charge in [-0.3, -0.25) is 14.9 Å². The Kier molecular flexibility index (Phi) is 10.8. The first-order chi connectivity index (χ1) is 24.0. The zero-order chi connectivity index (χ0) is 34.2. The topological polar surface area (TPSA) is 78.4 Å². The maximum atomic E-state index is 5.63. The van der Waals surface area contributed by atoms with Crippen molar-refractivity contribution in [2.75, 3.05) is 53.5 Å². The molecular weight excluding hydrogens is 616 g/mol. The van der Waals surface area contributed by atoms with Gasteiger partial charge in [0.15, 0.2) is 11.5 Å². The van der Waals surface area contributed by atoms with Crippen LogP contribution in [0, 0.1) is 0 Å². The highest BCUT2D eigenvalue weighted by atomic mass is 16.5. The number of benzene rings is 3. The van der Waals surface area contributed by atoms with Gasteiger partial charge in [0.1, 0.15) is 11.5 Å². The molecule has 1 saturated heterocycles. The van der Waals surface area contributed by atoms with Crippen molar-refractivity contribution in [1.29, 1.82) is 0 Å². The lowest BCUT2D eigenvalue weighted by Crippen LogP contribution is -2.44. The monoisotopic (exact) mass is 660 g/mol. The van der Waals surface area contributed by atoms with Gasteiger partial charge in [-0.15, -0.1) is 0 Å². The van der Waals surface area contributed by atoms with Crippen molar-refractivity contribution in [3.8, 4) is 51.3 Å². The fourth-order valence-electron chi connectivity index (χ4n) is 6.58. The van der Waals surface area contributed by atoms with E-state index in [9.17, 15) is 0 Å². The third-order valence-corrected chi connectivity index (χ3v) is 9.15. The first-order valence-corrected chi connectivity index (χ1v) is 16.5. The number of pyridine rings is 2. The molecule has 9 heteroatoms. The van der Waals surface area contributed by atoms with Gasteiger partial charge in [-0.1, -0.05) is 12.1 Å². The minimum absolute atomic E-state index is 0.375. The Balaban J connectivity index is 1.18. The SMILES string of the molecule is COc1ccc(N(Cc2ccnc(-c3ccccc3OC)c2)C2CCN(Cc3ccnc(-c4cc(OC)c(OC)c(OC)c4)c3)CC2)cc1. The summed E-state index contributed by atoms with van der Waals surface area (Å²) in [6.07, 6.45) is 5.86. The maximum Gasteiger partial charge on any atom is 0.203 e. The smallest absolute Gasteiger partial charge is 0.203 e. The molecule has 0 N–H and O–H groups in total. The number of para-hydroxylation sites is 1. The lowest BCUT2D eigenvalue weighted by molar-refractivity contribution is 0.201. The summed E-state index contributed by atoms with van der Waals surface area (Å²) in [7, 11) is 8.26. The van der Waals surface area contributed by atoms with Gasteiger partial charge < -0.3 is 28.6 Å². The highest BCUT2D eigenvalue weighted by molar-refractivity contribution is 5.69. The van der Waals surface area contributed by atoms with Crippen molar-refractivity contribution in [3.63, 3.8) is 0 Å². The lowest BCUT2D eigenvalue weighted by Gasteiger charge is -2.40. The van der Waals surface area contributed by atoms with Crippen LogP contribution >= 0.6 is 0 Å². The third-order valence-electron chi connectivity index (χ3n) is 9.15. The average molecular weight is 661 g/mol. The molecule has 2 aromatic heterocycles. The van der Waals surface area contributed by atoms with Gasteiger partial charge in [0.25, 0.3) is 0 Å². The van der Waals surface area contributed by atoms with E-state index in [1.165, 1.54) is 16.8 Å². The molecule has 0 aliphatic carbocycles. The van der Waals surface area contributed by atoms with Gasteiger partial charge in [0.05, 0.1) is 46.9 Å². The van der Waals surface area contributed by atoms with Crippen molar-refractivity contribution < 1.29 is 23.7 Å². The normalized spacial score (nSPS) is 13.5. The average Bonchev–Trinajstić information content (AvgIpc) is 3.17. The number of likely N-dealkylation sites (tertiary alicyclic amines) is 1. The second-order valence-electron chi connectivity index (χ2n) is 12.0. The fraction of sp³-hybridized carbons (Fsp3) is 0.300. The Morgan fingerprint density at radius 2 is 1.29 bits per heavy atom. The highest BCUT2D eigenvalue weighted by Gasteiger charge is 2.26. The van der Waals surface area contributed by atoms with E-state index >= 15 is 0 Å². The molecule has 3 heterocycles. The van der Waals surface area contributed by atoms with Gasteiger partial charge >= 0.3 is 0 Å². The summed E-state index contributed by atoms with van der Waals surface area (Å²) in [4.78, 5) is 14.4. The molecule has 0 radical (unpaired) electrons. The molecule has 1 aliphatic heterocycles. The number of rotatable bonds is 13. The highest BCUT2D eigenvalue weighted by Crippen LogP contribution is 2.41. The summed E-state index contributed by atoms with van der Waals surface area (Å²) in [6, 6.07) is 29.2. The summed E-state index contributed by atoms with van der Waals surface area (Å²) in [6.45, 7) is 3.59. The number of anilines is 1. The van der Waals surface area contributed by atoms with Crippen LogP contribution in [0.2, 0.25) is 0 Å². The van der Waals surface area contributed by atoms with E-state index in [1.807, 2.05) is 54.9 Å². The number of nitrogens with zero attached hydrogens (tertiary/aromatic N) is 4. The van der Waals surface area contributed by atoms with Crippen LogP contribution in [0.5, 0.6) is 28.7 Å². The van der Waals surface area contributed by atoms with Crippen molar-refractivity contribution >= 4 is 5.69 Å². The zero-order valence-electron chi connectivity index (χ0n) is 28.9. The summed E-state index contributed by atoms with van der Waals surface area (Å²) < 4.78 is 27.8. The van der Waals surface area contributed by atoms with E-state index < -0.39 is 0 Å². The Bertz CT molecular complexity index is 1810. The summed E-state index contributed by atoms with van der Waals surface area (Å²) in [5.41, 5.74) is 7.26. The molecule has 0 spiro atoms. The van der Waals surface area contributed by atoms with Crippen LogP contribution in [0.25, 0.3) is 22.5 Å². The molecule has 1 fully saturated rings. The van der Waals surface area contributed by atoms with Crippen LogP contribution in [0.15, 0.2) is 97.3 Å². The number of hydrogen-bond donors (Lipinski definition) is 0. The second kappa shape index (κ2) is 15.7. The van der Waals surface area contributed by atoms with Gasteiger partial charge in [0, 0.05) is 61.4 Å². The van der Waals surface area contributed by atoms with E-state index in [0.29, 0.717) is 23.3 Å². The molecule has 1 aliphatic rings. The molecule has 6 rings (SSSR count). The predicted octanol–water partition coefficient (Wildman–Crippen LogP) is 7.52. The molecular formula is C40H44N4O5. The largest absolute Gasteiger partial charge is 0.497 e. The fourth-order valence-corrected chi connectivity index (χ4v) is 6.58. The minimum atomic E-state index is 0.375. The van der Waals surface area contributed by atoms with E-state index in [0.717, 1.165) is 73.0 Å². The summed E-state index contributed by atoms with van der Waals surface area (Å²) in [5.74, 6) is 3.45. The molecule has 0 saturated carbocycles. The van der Waals surface area contributed by atoms with Crippen LogP contribution < -0.4 is 28.6 Å². The Morgan fingerprint density at radius 1 is 0.653 bits per heavy atom. The quantitative estimate of drug-likeness (QED) is 0.127. The number of aromatic nitrogens is 2. The molecule has 0 unspecified atom stereocenters. The molecule has 49 heavy (non-hydrogen) atoms. The summed E-state index contributed by atoms with van der Waals surface area (Å²) in [5, 5.41) is 0. The van der Waals surface area contributed by atoms with Crippen LogP contribution in [-0.2, 0) is 13.1 Å². The summed E-state index contributed by atoms with van der Waals surface area (Å²) >= 11 is 0. The van der Waals surface area contributed by atoms with E-state index in [1.54, 1.807) is 35.5 Å². The van der Waals surface area contributed by atoms with Crippen LogP contribution in [0.1, 0.15) is 24.0 Å². The standard InChI is InChI=1S/C40H44N4O5/c1-45-33-12-10-31(11-13-33)44(27-29-15-19-42-36(23-29)34-8-6-7-9-37(34)46-2)32-16-20-43(21-17-32)26-28-14-18-41-35(22-28)30-24-38(47-3)40(49-5)39(25-30)48-4/h6-15,18-19,22-25,32H,16-17,20-21,26-27H2,1-5H3. The van der Waals surface area contributed by atoms with Crippen molar-refractivity contribution in [1.82, 2.24) is 14.9 Å². The van der Waals surface area contributed by atoms with Crippen LogP contribution in [-0.4, -0.2) is 69.5 Å².